The summed E-state index contributed by atoms with van der Waals surface area (Å²) >= 11 is 0. The number of ether oxygens (including phenoxy) is 6. The van der Waals surface area contributed by atoms with Gasteiger partial charge in [-0.2, -0.15) is 0 Å². The number of esters is 4. The Hall–Kier alpha value is -8.26. The zero-order chi connectivity index (χ0) is 52.3. The Labute approximate surface area is 423 Å². The SMILES string of the molecule is C=CC(=O)OCC(COc1ccc(C2(c3ccc(OCC(COC(=O)C=C)C(C)(CCC)OC(=O)c4ccc(C)cc4C(=O)O)cc3)c3ccccc3-c3ccccc32)cc1)OC(=O)C1CC=CCC1C(=O)O. The van der Waals surface area contributed by atoms with E-state index in [0.29, 0.717) is 29.9 Å². The van der Waals surface area contributed by atoms with Crippen molar-refractivity contribution in [1.29, 1.82) is 0 Å². The molecular formula is C59H58O14. The first-order valence-electron chi connectivity index (χ1n) is 24.0. The highest BCUT2D eigenvalue weighted by Gasteiger charge is 2.46. The highest BCUT2D eigenvalue weighted by Crippen LogP contribution is 2.56. The molecule has 0 heterocycles. The maximum Gasteiger partial charge on any atom is 0.339 e. The molecule has 0 fully saturated rings. The van der Waals surface area contributed by atoms with Crippen molar-refractivity contribution >= 4 is 35.8 Å². The van der Waals surface area contributed by atoms with Crippen molar-refractivity contribution < 1.29 is 67.4 Å². The lowest BCUT2D eigenvalue weighted by molar-refractivity contribution is -0.167. The fourth-order valence-electron chi connectivity index (χ4n) is 9.72. The van der Waals surface area contributed by atoms with Crippen molar-refractivity contribution in [3.05, 3.63) is 192 Å². The molecule has 2 aliphatic rings. The largest absolute Gasteiger partial charge is 0.493 e. The molecule has 0 spiro atoms. The van der Waals surface area contributed by atoms with Gasteiger partial charge in [0.25, 0.3) is 0 Å². The second-order valence-corrected chi connectivity index (χ2v) is 18.2. The maximum absolute atomic E-state index is 13.8. The summed E-state index contributed by atoms with van der Waals surface area (Å²) in [6.07, 6.45) is 5.73. The third-order valence-corrected chi connectivity index (χ3v) is 13.5. The molecule has 14 heteroatoms. The predicted molar refractivity (Wildman–Crippen MR) is 270 cm³/mol. The molecule has 0 bridgehead atoms. The van der Waals surface area contributed by atoms with E-state index in [4.69, 9.17) is 28.4 Å². The Morgan fingerprint density at radius 2 is 1.22 bits per heavy atom. The molecule has 5 unspecified atom stereocenters. The summed E-state index contributed by atoms with van der Waals surface area (Å²) in [6, 6.07) is 36.1. The number of allylic oxidation sites excluding steroid dienone is 2. The second kappa shape index (κ2) is 23.3. The molecule has 0 radical (unpaired) electrons. The van der Waals surface area contributed by atoms with Gasteiger partial charge in [-0.25, -0.2) is 19.2 Å². The van der Waals surface area contributed by atoms with Crippen LogP contribution in [0.5, 0.6) is 11.5 Å². The first kappa shape index (κ1) is 52.6. The number of carboxylic acids is 2. The Morgan fingerprint density at radius 1 is 0.685 bits per heavy atom. The van der Waals surface area contributed by atoms with Crippen molar-refractivity contribution in [2.45, 2.75) is 63.6 Å². The number of hydrogen-bond acceptors (Lipinski definition) is 12. The smallest absolute Gasteiger partial charge is 0.339 e. The van der Waals surface area contributed by atoms with E-state index in [1.54, 1.807) is 44.2 Å². The van der Waals surface area contributed by atoms with Crippen LogP contribution >= 0.6 is 0 Å². The Bertz CT molecular complexity index is 2850. The normalized spacial score (nSPS) is 16.7. The summed E-state index contributed by atoms with van der Waals surface area (Å²) in [4.78, 5) is 75.6. The summed E-state index contributed by atoms with van der Waals surface area (Å²) in [6.45, 7) is 11.5. The molecule has 5 atom stereocenters. The topological polar surface area (TPSA) is 198 Å². The summed E-state index contributed by atoms with van der Waals surface area (Å²) in [5, 5.41) is 19.7. The molecule has 0 aromatic heterocycles. The van der Waals surface area contributed by atoms with Crippen LogP contribution in [0, 0.1) is 24.7 Å². The summed E-state index contributed by atoms with van der Waals surface area (Å²) in [5.41, 5.74) is 4.25. The van der Waals surface area contributed by atoms with Gasteiger partial charge in [-0.05, 0) is 103 Å². The van der Waals surface area contributed by atoms with Crippen LogP contribution in [-0.2, 0) is 43.5 Å². The number of carbonyl (C=O) groups excluding carboxylic acids is 4. The van der Waals surface area contributed by atoms with Gasteiger partial charge in [0.15, 0.2) is 6.10 Å². The zero-order valence-corrected chi connectivity index (χ0v) is 41.0. The van der Waals surface area contributed by atoms with Gasteiger partial charge in [-0.15, -0.1) is 0 Å². The molecule has 5 aromatic rings. The highest BCUT2D eigenvalue weighted by molar-refractivity contribution is 6.02. The van der Waals surface area contributed by atoms with Crippen LogP contribution in [-0.4, -0.2) is 84.2 Å². The number of benzene rings is 5. The molecule has 0 saturated heterocycles. The number of fused-ring (bicyclic) bond motifs is 3. The van der Waals surface area contributed by atoms with E-state index < -0.39 is 70.7 Å². The second-order valence-electron chi connectivity index (χ2n) is 18.2. The molecule has 73 heavy (non-hydrogen) atoms. The van der Waals surface area contributed by atoms with E-state index in [-0.39, 0.29) is 50.4 Å². The lowest BCUT2D eigenvalue weighted by Crippen LogP contribution is -2.45. The van der Waals surface area contributed by atoms with Gasteiger partial charge in [0.2, 0.25) is 0 Å². The fourth-order valence-corrected chi connectivity index (χ4v) is 9.72. The van der Waals surface area contributed by atoms with Gasteiger partial charge in [0, 0.05) is 12.2 Å². The van der Waals surface area contributed by atoms with Crippen LogP contribution in [0.1, 0.15) is 88.1 Å². The maximum atomic E-state index is 13.8. The summed E-state index contributed by atoms with van der Waals surface area (Å²) in [5.74, 6) is -7.00. The average molecular weight is 991 g/mol. The summed E-state index contributed by atoms with van der Waals surface area (Å²) < 4.78 is 35.3. The van der Waals surface area contributed by atoms with Crippen LogP contribution in [0.2, 0.25) is 0 Å². The predicted octanol–water partition coefficient (Wildman–Crippen LogP) is 9.88. The van der Waals surface area contributed by atoms with E-state index in [1.165, 1.54) is 12.1 Å². The first-order valence-corrected chi connectivity index (χ1v) is 24.0. The molecule has 7 rings (SSSR count). The minimum atomic E-state index is -1.27. The van der Waals surface area contributed by atoms with Gasteiger partial charge < -0.3 is 38.6 Å². The third kappa shape index (κ3) is 11.6. The molecule has 5 aromatic carbocycles. The molecule has 0 aliphatic heterocycles. The third-order valence-electron chi connectivity index (χ3n) is 13.5. The first-order chi connectivity index (χ1) is 35.1. The van der Waals surface area contributed by atoms with Gasteiger partial charge in [0.05, 0.1) is 40.9 Å². The van der Waals surface area contributed by atoms with Crippen molar-refractivity contribution in [1.82, 2.24) is 0 Å². The lowest BCUT2D eigenvalue weighted by atomic mass is 9.68. The van der Waals surface area contributed by atoms with Gasteiger partial charge >= 0.3 is 35.8 Å². The van der Waals surface area contributed by atoms with E-state index in [1.807, 2.05) is 67.6 Å². The molecule has 0 saturated carbocycles. The number of carbonyl (C=O) groups is 6. The fraction of sp³-hybridized carbons (Fsp3) is 0.288. The highest BCUT2D eigenvalue weighted by atomic mass is 16.6. The number of aliphatic carboxylic acids is 1. The Kier molecular flexibility index (Phi) is 16.8. The molecule has 14 nitrogen and oxygen atoms in total. The van der Waals surface area contributed by atoms with Crippen LogP contribution in [0.3, 0.4) is 0 Å². The number of aryl methyl sites for hydroxylation is 1. The lowest BCUT2D eigenvalue weighted by Gasteiger charge is -2.37. The van der Waals surface area contributed by atoms with E-state index in [2.05, 4.69) is 37.4 Å². The van der Waals surface area contributed by atoms with E-state index in [0.717, 1.165) is 45.5 Å². The van der Waals surface area contributed by atoms with Crippen molar-refractivity contribution in [3.8, 4) is 22.6 Å². The molecule has 0 amide bonds. The van der Waals surface area contributed by atoms with Gasteiger partial charge in [0.1, 0.15) is 36.9 Å². The van der Waals surface area contributed by atoms with Gasteiger partial charge in [-0.1, -0.05) is 123 Å². The molecule has 2 aliphatic carbocycles. The average Bonchev–Trinajstić information content (AvgIpc) is 3.70. The number of hydrogen-bond donors (Lipinski definition) is 2. The Morgan fingerprint density at radius 3 is 1.75 bits per heavy atom. The number of rotatable bonds is 23. The molecule has 378 valence electrons. The summed E-state index contributed by atoms with van der Waals surface area (Å²) in [7, 11) is 0. The van der Waals surface area contributed by atoms with Gasteiger partial charge in [-0.3, -0.25) is 9.59 Å². The van der Waals surface area contributed by atoms with Crippen molar-refractivity contribution in [3.63, 3.8) is 0 Å². The monoisotopic (exact) mass is 990 g/mol. The number of carboxylic acid groups (broad SMARTS) is 2. The molecule has 2 N–H and O–H groups in total. The minimum absolute atomic E-state index is 0.0525. The number of aromatic carboxylic acids is 1. The van der Waals surface area contributed by atoms with Crippen LogP contribution in [0.25, 0.3) is 11.1 Å². The standard InChI is InChI=1S/C59H58O14/c1-6-31-58(5,73-57(67)48-30-21-37(4)32-49(48)55(64)65)40(34-70-52(60)7-2)33-68-41-26-22-38(23-27-41)59(50-19-13-11-15-44(50)45-16-12-14-20-51(45)59)39-24-28-42(29-25-39)69-35-43(36-71-53(61)8-3)72-56(66)47-18-10-9-17-46(47)54(62)63/h7-16,19-30,32,40,43,46-47H,2-3,6,17-18,31,33-36H2,1,4-5H3,(H,62,63)(H,64,65). The van der Waals surface area contributed by atoms with E-state index >= 15 is 0 Å². The van der Waals surface area contributed by atoms with E-state index in [9.17, 15) is 39.0 Å². The van der Waals surface area contributed by atoms with Crippen LogP contribution in [0.15, 0.2) is 153 Å². The van der Waals surface area contributed by atoms with Crippen molar-refractivity contribution in [2.24, 2.45) is 17.8 Å². The quantitative estimate of drug-likeness (QED) is 0.0266. The zero-order valence-electron chi connectivity index (χ0n) is 41.0. The Balaban J connectivity index is 1.17. The van der Waals surface area contributed by atoms with Crippen molar-refractivity contribution in [2.75, 3.05) is 26.4 Å². The van der Waals surface area contributed by atoms with Crippen LogP contribution < -0.4 is 9.47 Å². The minimum Gasteiger partial charge on any atom is -0.493 e. The molecular weight excluding hydrogens is 933 g/mol. The van der Waals surface area contributed by atoms with Crippen LogP contribution in [0.4, 0.5) is 0 Å².